The summed E-state index contributed by atoms with van der Waals surface area (Å²) in [6.45, 7) is 1.38. The van der Waals surface area contributed by atoms with Crippen molar-refractivity contribution in [2.45, 2.75) is 44.6 Å². The maximum Gasteiger partial charge on any atom is 0.304 e. The van der Waals surface area contributed by atoms with E-state index in [0.29, 0.717) is 31.0 Å². The lowest BCUT2D eigenvalue weighted by molar-refractivity contribution is -0.142. The zero-order valence-corrected chi connectivity index (χ0v) is 21.9. The van der Waals surface area contributed by atoms with E-state index in [-0.39, 0.29) is 47.7 Å². The fourth-order valence-electron chi connectivity index (χ4n) is 5.46. The fraction of sp³-hybridized carbons (Fsp3) is 0.429. The standard InChI is InChI=1S/C28H35N5O4.2H2O/c29-28(30)32-16-19-11-20-8-9-21(13-22(20)12-19)26(36)31-17-24-14-23(15-25(34)35)27(37)33(24)10-4-7-18-5-2-1-3-6-18;;/h1-3,5-6,8-9,13,19,23-24H,4,7,10-12,14-17H2,(H,31,36)(H,34,35)(H4,29,30,32);2*1H2/t19?,23-,24-;;/m0../s1. The highest BCUT2D eigenvalue weighted by Crippen LogP contribution is 2.29. The van der Waals surface area contributed by atoms with Crippen LogP contribution in [0.2, 0.25) is 0 Å². The summed E-state index contributed by atoms with van der Waals surface area (Å²) in [6.07, 6.45) is 3.52. The Morgan fingerprint density at radius 1 is 1.05 bits per heavy atom. The number of amides is 2. The summed E-state index contributed by atoms with van der Waals surface area (Å²) < 4.78 is 0. The third-order valence-corrected chi connectivity index (χ3v) is 7.27. The number of hydrogen-bond donors (Lipinski definition) is 4. The van der Waals surface area contributed by atoms with Crippen LogP contribution in [-0.4, -0.2) is 70.4 Å². The maximum absolute atomic E-state index is 13.0. The first kappa shape index (κ1) is 31.3. The number of nitrogens with two attached hydrogens (primary N) is 2. The zero-order chi connectivity index (χ0) is 26.4. The summed E-state index contributed by atoms with van der Waals surface area (Å²) in [5, 5.41) is 12.2. The summed E-state index contributed by atoms with van der Waals surface area (Å²) >= 11 is 0. The molecule has 2 aromatic rings. The lowest BCUT2D eigenvalue weighted by Crippen LogP contribution is -2.42. The van der Waals surface area contributed by atoms with Gasteiger partial charge >= 0.3 is 5.97 Å². The van der Waals surface area contributed by atoms with Crippen LogP contribution in [0, 0.1) is 11.8 Å². The number of rotatable bonds is 11. The average molecular weight is 542 g/mol. The molecular formula is C28H39N5O6. The van der Waals surface area contributed by atoms with Crippen LogP contribution in [-0.2, 0) is 28.9 Å². The van der Waals surface area contributed by atoms with E-state index < -0.39 is 11.9 Å². The number of nitrogens with zero attached hydrogens (tertiary/aromatic N) is 2. The molecule has 1 saturated heterocycles. The number of benzene rings is 2. The summed E-state index contributed by atoms with van der Waals surface area (Å²) in [7, 11) is 0. The molecule has 0 radical (unpaired) electrons. The number of fused-ring (bicyclic) bond motifs is 1. The normalized spacial score (nSPS) is 19.4. The zero-order valence-electron chi connectivity index (χ0n) is 21.9. The van der Waals surface area contributed by atoms with Crippen molar-refractivity contribution in [3.05, 3.63) is 70.8 Å². The Balaban J connectivity index is 0.00000267. The number of hydrogen-bond acceptors (Lipinski definition) is 4. The van der Waals surface area contributed by atoms with E-state index in [0.717, 1.165) is 31.2 Å². The Hall–Kier alpha value is -3.96. The van der Waals surface area contributed by atoms with E-state index in [2.05, 4.69) is 22.4 Å². The van der Waals surface area contributed by atoms with Crippen LogP contribution in [0.5, 0.6) is 0 Å². The van der Waals surface area contributed by atoms with Gasteiger partial charge in [-0.3, -0.25) is 19.4 Å². The van der Waals surface area contributed by atoms with Crippen molar-refractivity contribution in [3.8, 4) is 0 Å². The molecule has 0 spiro atoms. The minimum Gasteiger partial charge on any atom is -0.481 e. The van der Waals surface area contributed by atoms with Gasteiger partial charge in [-0.15, -0.1) is 0 Å². The van der Waals surface area contributed by atoms with Crippen LogP contribution >= 0.6 is 0 Å². The first-order valence-corrected chi connectivity index (χ1v) is 12.8. The van der Waals surface area contributed by atoms with Crippen molar-refractivity contribution in [1.29, 1.82) is 0 Å². The molecule has 10 N–H and O–H groups in total. The third kappa shape index (κ3) is 8.26. The summed E-state index contributed by atoms with van der Waals surface area (Å²) in [5.74, 6) is -1.48. The second kappa shape index (κ2) is 14.3. The molecule has 0 bridgehead atoms. The average Bonchev–Trinajstić information content (AvgIpc) is 3.41. The first-order chi connectivity index (χ1) is 17.8. The van der Waals surface area contributed by atoms with E-state index in [1.165, 1.54) is 11.1 Å². The molecule has 0 saturated carbocycles. The van der Waals surface area contributed by atoms with Gasteiger partial charge in [0, 0.05) is 31.2 Å². The number of likely N-dealkylation sites (tertiary alicyclic amines) is 1. The first-order valence-electron chi connectivity index (χ1n) is 12.8. The molecule has 0 aromatic heterocycles. The topological polar surface area (TPSA) is 214 Å². The van der Waals surface area contributed by atoms with Crippen molar-refractivity contribution >= 4 is 23.7 Å². The van der Waals surface area contributed by atoms with Crippen LogP contribution in [0.1, 0.15) is 46.3 Å². The van der Waals surface area contributed by atoms with Crippen LogP contribution in [0.3, 0.4) is 0 Å². The summed E-state index contributed by atoms with van der Waals surface area (Å²) in [5.41, 5.74) is 15.0. The van der Waals surface area contributed by atoms with Gasteiger partial charge in [-0.1, -0.05) is 36.4 Å². The predicted molar refractivity (Wildman–Crippen MR) is 148 cm³/mol. The lowest BCUT2D eigenvalue weighted by atomic mass is 10.0. The minimum atomic E-state index is -0.983. The highest BCUT2D eigenvalue weighted by Gasteiger charge is 2.40. The number of carbonyl (C=O) groups excluding carboxylic acids is 2. The smallest absolute Gasteiger partial charge is 0.304 e. The molecule has 1 aliphatic heterocycles. The van der Waals surface area contributed by atoms with E-state index in [1.54, 1.807) is 4.90 Å². The number of carbonyl (C=O) groups is 3. The molecule has 2 amide bonds. The molecule has 1 aliphatic carbocycles. The van der Waals surface area contributed by atoms with Crippen LogP contribution in [0.15, 0.2) is 53.5 Å². The molecule has 1 fully saturated rings. The molecule has 3 atom stereocenters. The van der Waals surface area contributed by atoms with Crippen molar-refractivity contribution in [3.63, 3.8) is 0 Å². The second-order valence-corrected chi connectivity index (χ2v) is 10.0. The molecule has 11 nitrogen and oxygen atoms in total. The molecule has 2 aromatic carbocycles. The second-order valence-electron chi connectivity index (χ2n) is 10.0. The number of carboxylic acids is 1. The number of carboxylic acid groups (broad SMARTS) is 1. The Bertz CT molecular complexity index is 1170. The Labute approximate surface area is 227 Å². The van der Waals surface area contributed by atoms with Crippen LogP contribution in [0.4, 0.5) is 0 Å². The van der Waals surface area contributed by atoms with E-state index in [4.69, 9.17) is 11.5 Å². The van der Waals surface area contributed by atoms with Gasteiger partial charge in [0.25, 0.3) is 5.91 Å². The van der Waals surface area contributed by atoms with Crippen LogP contribution < -0.4 is 16.8 Å². The van der Waals surface area contributed by atoms with Gasteiger partial charge in [-0.05, 0) is 66.8 Å². The van der Waals surface area contributed by atoms with Crippen LogP contribution in [0.25, 0.3) is 0 Å². The van der Waals surface area contributed by atoms with Crippen molar-refractivity contribution in [2.24, 2.45) is 28.3 Å². The Kier molecular flexibility index (Phi) is 11.4. The fourth-order valence-corrected chi connectivity index (χ4v) is 5.46. The quantitative estimate of drug-likeness (QED) is 0.228. The molecule has 1 unspecified atom stereocenters. The van der Waals surface area contributed by atoms with Crippen molar-refractivity contribution < 1.29 is 30.4 Å². The molecule has 2 aliphatic rings. The molecule has 11 heteroatoms. The van der Waals surface area contributed by atoms with Crippen molar-refractivity contribution in [1.82, 2.24) is 10.2 Å². The predicted octanol–water partition coefficient (Wildman–Crippen LogP) is 0.0798. The van der Waals surface area contributed by atoms with Gasteiger partial charge in [-0.2, -0.15) is 0 Å². The minimum absolute atomic E-state index is 0. The molecular weight excluding hydrogens is 502 g/mol. The third-order valence-electron chi connectivity index (χ3n) is 7.27. The molecule has 4 rings (SSSR count). The number of aliphatic carboxylic acids is 1. The summed E-state index contributed by atoms with van der Waals surface area (Å²) in [4.78, 5) is 43.1. The molecule has 1 heterocycles. The van der Waals surface area contributed by atoms with E-state index >= 15 is 0 Å². The maximum atomic E-state index is 13.0. The number of guanidine groups is 1. The largest absolute Gasteiger partial charge is 0.481 e. The van der Waals surface area contributed by atoms with Crippen molar-refractivity contribution in [2.75, 3.05) is 19.6 Å². The SMILES string of the molecule is NC(N)=NCC1Cc2ccc(C(=O)NC[C@@H]3C[C@@H](CC(=O)O)C(=O)N3CCCc3ccccc3)cc2C1.O.O. The Morgan fingerprint density at radius 2 is 1.77 bits per heavy atom. The highest BCUT2D eigenvalue weighted by molar-refractivity contribution is 5.94. The highest BCUT2D eigenvalue weighted by atomic mass is 16.4. The number of aliphatic imine (C=N–C) groups is 1. The van der Waals surface area contributed by atoms with Gasteiger partial charge in [-0.25, -0.2) is 0 Å². The number of nitrogens with one attached hydrogen (secondary N) is 1. The van der Waals surface area contributed by atoms with Gasteiger partial charge in [0.1, 0.15) is 0 Å². The van der Waals surface area contributed by atoms with E-state index in [9.17, 15) is 19.5 Å². The van der Waals surface area contributed by atoms with E-state index in [1.807, 2.05) is 36.4 Å². The molecule has 39 heavy (non-hydrogen) atoms. The Morgan fingerprint density at radius 3 is 2.46 bits per heavy atom. The summed E-state index contributed by atoms with van der Waals surface area (Å²) in [6, 6.07) is 15.5. The van der Waals surface area contributed by atoms with Gasteiger partial charge in [0.2, 0.25) is 5.91 Å². The monoisotopic (exact) mass is 541 g/mol. The van der Waals surface area contributed by atoms with Gasteiger partial charge in [0.05, 0.1) is 12.3 Å². The van der Waals surface area contributed by atoms with Gasteiger partial charge < -0.3 is 37.7 Å². The lowest BCUT2D eigenvalue weighted by Gasteiger charge is -2.25. The molecule has 212 valence electrons. The number of aryl methyl sites for hydroxylation is 1. The van der Waals surface area contributed by atoms with Gasteiger partial charge in [0.15, 0.2) is 5.96 Å².